The third-order valence-corrected chi connectivity index (χ3v) is 7.60. The van der Waals surface area contributed by atoms with Crippen molar-refractivity contribution in [2.75, 3.05) is 42.1 Å². The highest BCUT2D eigenvalue weighted by molar-refractivity contribution is 5.96. The van der Waals surface area contributed by atoms with E-state index >= 15 is 0 Å². The van der Waals surface area contributed by atoms with Gasteiger partial charge < -0.3 is 38.3 Å². The SMILES string of the molecule is COc1ccc(CCN(C(=O)c2ccco2)C(C(=O)NC2CCCCC2)c2cc(OC)c(OC)c(OC)c2)cc1OC. The van der Waals surface area contributed by atoms with Crippen LogP contribution in [-0.4, -0.2) is 64.8 Å². The summed E-state index contributed by atoms with van der Waals surface area (Å²) in [6.07, 6.45) is 6.91. The van der Waals surface area contributed by atoms with E-state index in [0.717, 1.165) is 37.7 Å². The average molecular weight is 581 g/mol. The Morgan fingerprint density at radius 1 is 0.857 bits per heavy atom. The second-order valence-corrected chi connectivity index (χ2v) is 10.1. The van der Waals surface area contributed by atoms with Gasteiger partial charge in [0.15, 0.2) is 28.8 Å². The fraction of sp³-hybridized carbons (Fsp3) is 0.438. The third-order valence-electron chi connectivity index (χ3n) is 7.60. The van der Waals surface area contributed by atoms with E-state index in [1.165, 1.54) is 32.5 Å². The summed E-state index contributed by atoms with van der Waals surface area (Å²) in [6, 6.07) is 11.3. The van der Waals surface area contributed by atoms with Crippen LogP contribution in [-0.2, 0) is 11.2 Å². The van der Waals surface area contributed by atoms with Crippen molar-refractivity contribution in [3.63, 3.8) is 0 Å². The Balaban J connectivity index is 1.78. The van der Waals surface area contributed by atoms with Gasteiger partial charge in [-0.2, -0.15) is 0 Å². The monoisotopic (exact) mass is 580 g/mol. The van der Waals surface area contributed by atoms with Gasteiger partial charge in [0.05, 0.1) is 41.8 Å². The molecule has 1 fully saturated rings. The summed E-state index contributed by atoms with van der Waals surface area (Å²) in [5.74, 6) is 1.76. The quantitative estimate of drug-likeness (QED) is 0.294. The Kier molecular flexibility index (Phi) is 10.6. The molecule has 0 radical (unpaired) electrons. The van der Waals surface area contributed by atoms with Crippen LogP contribution in [0, 0.1) is 0 Å². The predicted octanol–water partition coefficient (Wildman–Crippen LogP) is 5.20. The predicted molar refractivity (Wildman–Crippen MR) is 157 cm³/mol. The number of rotatable bonds is 13. The maximum atomic E-state index is 14.2. The number of carbonyl (C=O) groups is 2. The number of hydrogen-bond acceptors (Lipinski definition) is 8. The summed E-state index contributed by atoms with van der Waals surface area (Å²) >= 11 is 0. The number of furan rings is 1. The molecular formula is C32H40N2O8. The van der Waals surface area contributed by atoms with Crippen LogP contribution in [0.2, 0.25) is 0 Å². The van der Waals surface area contributed by atoms with E-state index in [9.17, 15) is 9.59 Å². The zero-order valence-corrected chi connectivity index (χ0v) is 24.9. The van der Waals surface area contributed by atoms with Crippen molar-refractivity contribution in [2.45, 2.75) is 50.6 Å². The Morgan fingerprint density at radius 2 is 1.52 bits per heavy atom. The highest BCUT2D eigenvalue weighted by Crippen LogP contribution is 2.41. The molecule has 1 saturated carbocycles. The fourth-order valence-corrected chi connectivity index (χ4v) is 5.43. The lowest BCUT2D eigenvalue weighted by Gasteiger charge is -2.33. The standard InChI is InChI=1S/C32H40N2O8/c1-37-24-14-13-21(18-26(24)38-2)15-16-34(32(36)25-12-9-17-42-25)29(31(35)33-23-10-7-6-8-11-23)22-19-27(39-3)30(41-5)28(20-22)40-4/h9,12-14,17-20,23,29H,6-8,10-11,15-16H2,1-5H3,(H,33,35). The number of benzene rings is 2. The molecule has 0 aliphatic heterocycles. The molecule has 10 nitrogen and oxygen atoms in total. The van der Waals surface area contributed by atoms with Gasteiger partial charge >= 0.3 is 0 Å². The Bertz CT molecular complexity index is 1310. The van der Waals surface area contributed by atoms with E-state index in [2.05, 4.69) is 5.32 Å². The number of amides is 2. The minimum absolute atomic E-state index is 0.0298. The largest absolute Gasteiger partial charge is 0.493 e. The van der Waals surface area contributed by atoms with Crippen molar-refractivity contribution in [1.29, 1.82) is 0 Å². The summed E-state index contributed by atoms with van der Waals surface area (Å²) in [5, 5.41) is 3.22. The van der Waals surface area contributed by atoms with Crippen molar-refractivity contribution in [3.8, 4) is 28.7 Å². The lowest BCUT2D eigenvalue weighted by molar-refractivity contribution is -0.126. The molecular weight excluding hydrogens is 540 g/mol. The molecule has 0 spiro atoms. The number of nitrogens with one attached hydrogen (secondary N) is 1. The smallest absolute Gasteiger partial charge is 0.290 e. The molecule has 1 aliphatic carbocycles. The number of hydrogen-bond donors (Lipinski definition) is 1. The lowest BCUT2D eigenvalue weighted by Crippen LogP contribution is -2.47. The number of ether oxygens (including phenoxy) is 5. The second-order valence-electron chi connectivity index (χ2n) is 10.1. The molecule has 1 aliphatic rings. The van der Waals surface area contributed by atoms with Crippen molar-refractivity contribution in [2.24, 2.45) is 0 Å². The maximum absolute atomic E-state index is 14.2. The third kappa shape index (κ3) is 6.92. The molecule has 0 saturated heterocycles. The second kappa shape index (κ2) is 14.5. The maximum Gasteiger partial charge on any atom is 0.290 e. The minimum Gasteiger partial charge on any atom is -0.493 e. The zero-order valence-electron chi connectivity index (χ0n) is 24.9. The first-order valence-corrected chi connectivity index (χ1v) is 14.1. The van der Waals surface area contributed by atoms with Gasteiger partial charge in [-0.15, -0.1) is 0 Å². The molecule has 1 atom stereocenters. The Hall–Kier alpha value is -4.34. The minimum atomic E-state index is -1.02. The molecule has 1 heterocycles. The van der Waals surface area contributed by atoms with Crippen LogP contribution >= 0.6 is 0 Å². The summed E-state index contributed by atoms with van der Waals surface area (Å²) in [4.78, 5) is 29.7. The van der Waals surface area contributed by atoms with Gasteiger partial charge in [0.25, 0.3) is 5.91 Å². The zero-order chi connectivity index (χ0) is 30.1. The van der Waals surface area contributed by atoms with Gasteiger partial charge in [-0.05, 0) is 66.8 Å². The van der Waals surface area contributed by atoms with Crippen LogP contribution < -0.4 is 29.0 Å². The average Bonchev–Trinajstić information content (AvgIpc) is 3.57. The van der Waals surface area contributed by atoms with E-state index < -0.39 is 11.9 Å². The van der Waals surface area contributed by atoms with E-state index in [4.69, 9.17) is 28.1 Å². The molecule has 42 heavy (non-hydrogen) atoms. The van der Waals surface area contributed by atoms with E-state index in [1.54, 1.807) is 38.5 Å². The molecule has 2 amide bonds. The molecule has 1 N–H and O–H groups in total. The normalized spacial score (nSPS) is 14.0. The van der Waals surface area contributed by atoms with E-state index in [1.807, 2.05) is 18.2 Å². The molecule has 1 unspecified atom stereocenters. The first-order valence-electron chi connectivity index (χ1n) is 14.1. The topological polar surface area (TPSA) is 109 Å². The summed E-state index contributed by atoms with van der Waals surface area (Å²) in [6.45, 7) is 0.203. The van der Waals surface area contributed by atoms with Crippen LogP contribution in [0.1, 0.15) is 59.8 Å². The first-order chi connectivity index (χ1) is 20.4. The van der Waals surface area contributed by atoms with Crippen LogP contribution in [0.4, 0.5) is 0 Å². The lowest BCUT2D eigenvalue weighted by atomic mass is 9.94. The van der Waals surface area contributed by atoms with Gasteiger partial charge in [-0.25, -0.2) is 0 Å². The van der Waals surface area contributed by atoms with E-state index in [-0.39, 0.29) is 24.3 Å². The molecule has 3 aromatic rings. The molecule has 226 valence electrons. The molecule has 10 heteroatoms. The summed E-state index contributed by atoms with van der Waals surface area (Å²) in [7, 11) is 7.70. The van der Waals surface area contributed by atoms with Crippen LogP contribution in [0.15, 0.2) is 53.1 Å². The molecule has 4 rings (SSSR count). The molecule has 2 aromatic carbocycles. The highest BCUT2D eigenvalue weighted by atomic mass is 16.5. The van der Waals surface area contributed by atoms with Gasteiger partial charge in [0.1, 0.15) is 6.04 Å². The molecule has 1 aromatic heterocycles. The number of nitrogens with zero attached hydrogens (tertiary/aromatic N) is 1. The first kappa shape index (κ1) is 30.6. The van der Waals surface area contributed by atoms with Crippen molar-refractivity contribution >= 4 is 11.8 Å². The number of methoxy groups -OCH3 is 5. The Labute approximate surface area is 246 Å². The van der Waals surface area contributed by atoms with Gasteiger partial charge in [-0.1, -0.05) is 25.3 Å². The highest BCUT2D eigenvalue weighted by Gasteiger charge is 2.35. The molecule has 0 bridgehead atoms. The van der Waals surface area contributed by atoms with Crippen LogP contribution in [0.3, 0.4) is 0 Å². The van der Waals surface area contributed by atoms with Gasteiger partial charge in [-0.3, -0.25) is 9.59 Å². The summed E-state index contributed by atoms with van der Waals surface area (Å²) in [5.41, 5.74) is 1.42. The number of carbonyl (C=O) groups excluding carboxylic acids is 2. The van der Waals surface area contributed by atoms with Gasteiger partial charge in [0, 0.05) is 12.6 Å². The fourth-order valence-electron chi connectivity index (χ4n) is 5.43. The van der Waals surface area contributed by atoms with Gasteiger partial charge in [0.2, 0.25) is 11.7 Å². The van der Waals surface area contributed by atoms with Crippen LogP contribution in [0.25, 0.3) is 0 Å². The summed E-state index contributed by atoms with van der Waals surface area (Å²) < 4.78 is 33.1. The van der Waals surface area contributed by atoms with Crippen LogP contribution in [0.5, 0.6) is 28.7 Å². The van der Waals surface area contributed by atoms with Crippen molar-refractivity contribution in [1.82, 2.24) is 10.2 Å². The Morgan fingerprint density at radius 3 is 2.10 bits per heavy atom. The van der Waals surface area contributed by atoms with Crippen molar-refractivity contribution in [3.05, 3.63) is 65.6 Å². The van der Waals surface area contributed by atoms with Crippen molar-refractivity contribution < 1.29 is 37.7 Å². The van der Waals surface area contributed by atoms with E-state index in [0.29, 0.717) is 40.7 Å².